The van der Waals surface area contributed by atoms with E-state index in [2.05, 4.69) is 16.9 Å². The van der Waals surface area contributed by atoms with Crippen LogP contribution in [0.2, 0.25) is 0 Å². The molecule has 2 aromatic heterocycles. The Bertz CT molecular complexity index is 752. The molecule has 1 unspecified atom stereocenters. The predicted octanol–water partition coefficient (Wildman–Crippen LogP) is 4.08. The lowest BCUT2D eigenvalue weighted by Crippen LogP contribution is -2.27. The maximum atomic E-state index is 11.5. The molecule has 2 aromatic rings. The van der Waals surface area contributed by atoms with Gasteiger partial charge in [-0.15, -0.1) is 11.3 Å². The molecule has 1 aliphatic rings. The second-order valence-electron chi connectivity index (χ2n) is 6.53. The molecule has 3 rings (SSSR count). The van der Waals surface area contributed by atoms with Gasteiger partial charge in [-0.25, -0.2) is 9.97 Å². The first-order valence-corrected chi connectivity index (χ1v) is 9.12. The normalized spacial score (nSPS) is 18.5. The van der Waals surface area contributed by atoms with Gasteiger partial charge in [-0.2, -0.15) is 0 Å². The number of carbonyl (C=O) groups is 1. The van der Waals surface area contributed by atoms with Crippen LogP contribution in [0, 0.1) is 12.8 Å². The van der Waals surface area contributed by atoms with Crippen molar-refractivity contribution in [3.05, 3.63) is 16.3 Å². The Morgan fingerprint density at radius 1 is 1.41 bits per heavy atom. The lowest BCUT2D eigenvalue weighted by Gasteiger charge is -2.20. The number of carboxylic acids is 1. The summed E-state index contributed by atoms with van der Waals surface area (Å²) in [5, 5.41) is 11.3. The average molecular weight is 336 g/mol. The van der Waals surface area contributed by atoms with Crippen LogP contribution in [0.5, 0.6) is 0 Å². The van der Waals surface area contributed by atoms with E-state index in [0.717, 1.165) is 28.1 Å². The van der Waals surface area contributed by atoms with Gasteiger partial charge in [0.1, 0.15) is 20.4 Å². The maximum absolute atomic E-state index is 11.5. The Balaban J connectivity index is 2.15. The molecular weight excluding hydrogens is 316 g/mol. The van der Waals surface area contributed by atoms with Crippen molar-refractivity contribution in [3.8, 4) is 0 Å². The molecule has 118 valence electrons. The second kappa shape index (κ2) is 5.49. The van der Waals surface area contributed by atoms with Crippen LogP contribution < -0.4 is 0 Å². The monoisotopic (exact) mass is 336 g/mol. The van der Waals surface area contributed by atoms with Crippen LogP contribution >= 0.6 is 23.1 Å². The molecule has 0 fully saturated rings. The number of hydrogen-bond acceptors (Lipinski definition) is 5. The summed E-state index contributed by atoms with van der Waals surface area (Å²) < 4.78 is -0.898. The highest BCUT2D eigenvalue weighted by atomic mass is 32.2. The standard InChI is InChI=1S/C16H20N2O2S2/c1-8-5-6-10-11(7-8)21-13-12(10)14(18-9(2)17-13)22-16(3,4)15(19)20/h8H,5-7H2,1-4H3,(H,19,20). The summed E-state index contributed by atoms with van der Waals surface area (Å²) in [6, 6.07) is 0. The molecule has 4 nitrogen and oxygen atoms in total. The Labute approximate surface area is 138 Å². The molecular formula is C16H20N2O2S2. The minimum atomic E-state index is -0.898. The van der Waals surface area contributed by atoms with Crippen LogP contribution in [-0.4, -0.2) is 25.8 Å². The number of hydrogen-bond donors (Lipinski definition) is 1. The van der Waals surface area contributed by atoms with E-state index in [4.69, 9.17) is 0 Å². The Hall–Kier alpha value is -1.14. The number of rotatable bonds is 3. The molecule has 0 saturated carbocycles. The van der Waals surface area contributed by atoms with E-state index < -0.39 is 10.7 Å². The molecule has 6 heteroatoms. The van der Waals surface area contributed by atoms with Crippen molar-refractivity contribution in [1.29, 1.82) is 0 Å². The van der Waals surface area contributed by atoms with Crippen LogP contribution in [0.25, 0.3) is 10.2 Å². The summed E-state index contributed by atoms with van der Waals surface area (Å²) in [4.78, 5) is 23.0. The van der Waals surface area contributed by atoms with Crippen molar-refractivity contribution in [2.24, 2.45) is 5.92 Å². The SMILES string of the molecule is Cc1nc(SC(C)(C)C(=O)O)c2c3c(sc2n1)CC(C)CC3. The highest BCUT2D eigenvalue weighted by molar-refractivity contribution is 8.01. The zero-order chi connectivity index (χ0) is 16.1. The first kappa shape index (κ1) is 15.7. The van der Waals surface area contributed by atoms with Crippen molar-refractivity contribution >= 4 is 39.3 Å². The average Bonchev–Trinajstić information content (AvgIpc) is 2.74. The molecule has 0 radical (unpaired) electrons. The Kier molecular flexibility index (Phi) is 3.93. The van der Waals surface area contributed by atoms with E-state index in [1.807, 2.05) is 6.92 Å². The van der Waals surface area contributed by atoms with Gasteiger partial charge in [-0.3, -0.25) is 4.79 Å². The lowest BCUT2D eigenvalue weighted by molar-refractivity contribution is -0.138. The van der Waals surface area contributed by atoms with E-state index in [0.29, 0.717) is 11.7 Å². The van der Waals surface area contributed by atoms with Crippen LogP contribution in [-0.2, 0) is 17.6 Å². The summed E-state index contributed by atoms with van der Waals surface area (Å²) in [7, 11) is 0. The molecule has 0 aliphatic heterocycles. The minimum Gasteiger partial charge on any atom is -0.480 e. The van der Waals surface area contributed by atoms with Crippen LogP contribution in [0.1, 0.15) is 43.5 Å². The van der Waals surface area contributed by atoms with Crippen LogP contribution in [0.15, 0.2) is 5.03 Å². The molecule has 0 aromatic carbocycles. The van der Waals surface area contributed by atoms with E-state index >= 15 is 0 Å². The third-order valence-electron chi connectivity index (χ3n) is 4.10. The Morgan fingerprint density at radius 3 is 2.82 bits per heavy atom. The maximum Gasteiger partial charge on any atom is 0.319 e. The molecule has 0 spiro atoms. The smallest absolute Gasteiger partial charge is 0.319 e. The molecule has 2 heterocycles. The number of aromatic nitrogens is 2. The van der Waals surface area contributed by atoms with Crippen molar-refractivity contribution in [2.45, 2.75) is 56.7 Å². The van der Waals surface area contributed by atoms with Crippen molar-refractivity contribution < 1.29 is 9.90 Å². The highest BCUT2D eigenvalue weighted by Gasteiger charge is 2.32. The van der Waals surface area contributed by atoms with Crippen molar-refractivity contribution in [2.75, 3.05) is 0 Å². The third kappa shape index (κ3) is 2.74. The number of aliphatic carboxylic acids is 1. The first-order valence-electron chi connectivity index (χ1n) is 7.49. The van der Waals surface area contributed by atoms with Gasteiger partial charge in [-0.1, -0.05) is 18.7 Å². The quantitative estimate of drug-likeness (QED) is 0.676. The summed E-state index contributed by atoms with van der Waals surface area (Å²) in [5.74, 6) is 0.601. The molecule has 22 heavy (non-hydrogen) atoms. The summed E-state index contributed by atoms with van der Waals surface area (Å²) in [6.45, 7) is 7.61. The molecule has 0 amide bonds. The van der Waals surface area contributed by atoms with Crippen molar-refractivity contribution in [3.63, 3.8) is 0 Å². The number of nitrogens with zero attached hydrogens (tertiary/aromatic N) is 2. The van der Waals surface area contributed by atoms with Gasteiger partial charge in [0.05, 0.1) is 0 Å². The molecule has 1 N–H and O–H groups in total. The van der Waals surface area contributed by atoms with E-state index in [1.54, 1.807) is 25.2 Å². The van der Waals surface area contributed by atoms with Gasteiger partial charge < -0.3 is 5.11 Å². The number of aryl methyl sites for hydroxylation is 2. The lowest BCUT2D eigenvalue weighted by atomic mass is 9.89. The van der Waals surface area contributed by atoms with Gasteiger partial charge in [0, 0.05) is 10.3 Å². The zero-order valence-corrected chi connectivity index (χ0v) is 14.9. The molecule has 1 aliphatic carbocycles. The summed E-state index contributed by atoms with van der Waals surface area (Å²) in [5.41, 5.74) is 1.35. The number of thioether (sulfide) groups is 1. The summed E-state index contributed by atoms with van der Waals surface area (Å²) >= 11 is 3.09. The van der Waals surface area contributed by atoms with Gasteiger partial charge >= 0.3 is 5.97 Å². The van der Waals surface area contributed by atoms with E-state index in [9.17, 15) is 9.90 Å². The fourth-order valence-corrected chi connectivity index (χ4v) is 5.33. The largest absolute Gasteiger partial charge is 0.480 e. The number of thiophene rings is 1. The molecule has 0 saturated heterocycles. The van der Waals surface area contributed by atoms with Crippen LogP contribution in [0.3, 0.4) is 0 Å². The van der Waals surface area contributed by atoms with Gasteiger partial charge in [0.15, 0.2) is 0 Å². The fourth-order valence-electron chi connectivity index (χ4n) is 2.77. The second-order valence-corrected chi connectivity index (χ2v) is 9.22. The number of carboxylic acid groups (broad SMARTS) is 1. The van der Waals surface area contributed by atoms with E-state index in [1.165, 1.54) is 28.6 Å². The van der Waals surface area contributed by atoms with Crippen LogP contribution in [0.4, 0.5) is 0 Å². The highest BCUT2D eigenvalue weighted by Crippen LogP contribution is 2.43. The Morgan fingerprint density at radius 2 is 2.14 bits per heavy atom. The molecule has 0 bridgehead atoms. The first-order chi connectivity index (χ1) is 10.3. The minimum absolute atomic E-state index is 0.709. The third-order valence-corrected chi connectivity index (χ3v) is 6.42. The predicted molar refractivity (Wildman–Crippen MR) is 90.9 cm³/mol. The summed E-state index contributed by atoms with van der Waals surface area (Å²) in [6.07, 6.45) is 3.32. The fraction of sp³-hybridized carbons (Fsp3) is 0.562. The molecule has 1 atom stereocenters. The van der Waals surface area contributed by atoms with Gasteiger partial charge in [0.2, 0.25) is 0 Å². The van der Waals surface area contributed by atoms with E-state index in [-0.39, 0.29) is 0 Å². The topological polar surface area (TPSA) is 63.1 Å². The van der Waals surface area contributed by atoms with Crippen molar-refractivity contribution in [1.82, 2.24) is 9.97 Å². The number of fused-ring (bicyclic) bond motifs is 3. The van der Waals surface area contributed by atoms with Gasteiger partial charge in [-0.05, 0) is 51.5 Å². The van der Waals surface area contributed by atoms with Gasteiger partial charge in [0.25, 0.3) is 0 Å². The zero-order valence-electron chi connectivity index (χ0n) is 13.3.